The lowest BCUT2D eigenvalue weighted by atomic mass is 10.0. The molecule has 0 radical (unpaired) electrons. The molecule has 2 aromatic heterocycles. The quantitative estimate of drug-likeness (QED) is 0.703. The van der Waals surface area contributed by atoms with Crippen LogP contribution in [-0.4, -0.2) is 39.4 Å². The van der Waals surface area contributed by atoms with Crippen molar-refractivity contribution in [1.29, 1.82) is 0 Å². The molecule has 0 spiro atoms. The lowest BCUT2D eigenvalue weighted by Gasteiger charge is -2.33. The maximum atomic E-state index is 13.4. The zero-order valence-electron chi connectivity index (χ0n) is 16.6. The van der Waals surface area contributed by atoms with Crippen LogP contribution >= 0.6 is 11.5 Å². The molecule has 1 amide bonds. The summed E-state index contributed by atoms with van der Waals surface area (Å²) >= 11 is 1.38. The molecule has 3 aromatic rings. The van der Waals surface area contributed by atoms with E-state index < -0.39 is 0 Å². The average molecular weight is 409 g/mol. The van der Waals surface area contributed by atoms with Crippen LogP contribution in [0.1, 0.15) is 34.5 Å². The fraction of sp³-hybridized carbons (Fsp3) is 0.318. The molecule has 29 heavy (non-hydrogen) atoms. The molecule has 0 saturated carbocycles. The molecule has 1 fully saturated rings. The van der Waals surface area contributed by atoms with Gasteiger partial charge in [0.15, 0.2) is 0 Å². The first kappa shape index (κ1) is 19.4. The molecule has 4 rings (SSSR count). The number of benzene rings is 1. The predicted octanol–water partition coefficient (Wildman–Crippen LogP) is 4.09. The number of nitrogen functional groups attached to an aromatic ring is 1. The van der Waals surface area contributed by atoms with E-state index in [0.717, 1.165) is 34.5 Å². The predicted molar refractivity (Wildman–Crippen MR) is 115 cm³/mol. The number of ether oxygens (including phenoxy) is 1. The van der Waals surface area contributed by atoms with E-state index in [1.807, 2.05) is 49.1 Å². The molecular formula is C22H24N4O2S. The molecular weight excluding hydrogens is 384 g/mol. The number of aromatic nitrogens is 2. The zero-order valence-corrected chi connectivity index (χ0v) is 17.4. The van der Waals surface area contributed by atoms with E-state index in [-0.39, 0.29) is 12.0 Å². The highest BCUT2D eigenvalue weighted by atomic mass is 32.1. The van der Waals surface area contributed by atoms with Crippen LogP contribution in [0.2, 0.25) is 0 Å². The third kappa shape index (κ3) is 3.96. The number of carbonyl (C=O) groups excluding carboxylic acids is 1. The number of rotatable bonds is 4. The summed E-state index contributed by atoms with van der Waals surface area (Å²) in [6.45, 7) is 5.04. The Morgan fingerprint density at radius 1 is 1.24 bits per heavy atom. The average Bonchev–Trinajstić information content (AvgIpc) is 3.13. The minimum absolute atomic E-state index is 0.0145. The Kier molecular flexibility index (Phi) is 5.49. The van der Waals surface area contributed by atoms with Gasteiger partial charge in [0.25, 0.3) is 5.91 Å². The van der Waals surface area contributed by atoms with Gasteiger partial charge in [-0.1, -0.05) is 30.3 Å². The van der Waals surface area contributed by atoms with Gasteiger partial charge in [-0.2, -0.15) is 4.37 Å². The lowest BCUT2D eigenvalue weighted by molar-refractivity contribution is 0.0526. The van der Waals surface area contributed by atoms with E-state index in [1.54, 1.807) is 12.3 Å². The first-order valence-electron chi connectivity index (χ1n) is 9.73. The largest absolute Gasteiger partial charge is 0.472 e. The van der Waals surface area contributed by atoms with Crippen molar-refractivity contribution in [2.75, 3.05) is 18.8 Å². The van der Waals surface area contributed by atoms with Crippen molar-refractivity contribution >= 4 is 23.1 Å². The Labute approximate surface area is 174 Å². The summed E-state index contributed by atoms with van der Waals surface area (Å²) in [4.78, 5) is 20.5. The first-order valence-corrected chi connectivity index (χ1v) is 10.5. The van der Waals surface area contributed by atoms with Crippen molar-refractivity contribution in [3.8, 4) is 16.3 Å². The van der Waals surface area contributed by atoms with E-state index in [2.05, 4.69) is 9.36 Å². The minimum Gasteiger partial charge on any atom is -0.472 e. The number of likely N-dealkylation sites (tertiary alicyclic amines) is 1. The smallest absolute Gasteiger partial charge is 0.257 e. The van der Waals surface area contributed by atoms with Crippen LogP contribution < -0.4 is 10.5 Å². The topological polar surface area (TPSA) is 81.3 Å². The third-order valence-electron chi connectivity index (χ3n) is 5.26. The molecule has 1 aromatic carbocycles. The molecule has 0 bridgehead atoms. The van der Waals surface area contributed by atoms with Gasteiger partial charge >= 0.3 is 0 Å². The van der Waals surface area contributed by atoms with Crippen molar-refractivity contribution in [1.82, 2.24) is 14.3 Å². The van der Waals surface area contributed by atoms with Crippen molar-refractivity contribution in [2.24, 2.45) is 0 Å². The highest BCUT2D eigenvalue weighted by Crippen LogP contribution is 2.32. The molecule has 1 saturated heterocycles. The summed E-state index contributed by atoms with van der Waals surface area (Å²) in [5.74, 6) is 0.559. The SMILES string of the molecule is Cc1nsc(-c2ccccc2)c1C(=O)N1CCCC(Oc2nccc(N)c2C)C1. The summed E-state index contributed by atoms with van der Waals surface area (Å²) in [6, 6.07) is 11.7. The molecule has 1 aliphatic heterocycles. The van der Waals surface area contributed by atoms with Gasteiger partial charge in [0.1, 0.15) is 6.10 Å². The molecule has 2 N–H and O–H groups in total. The highest BCUT2D eigenvalue weighted by molar-refractivity contribution is 7.10. The van der Waals surface area contributed by atoms with E-state index in [0.29, 0.717) is 30.2 Å². The molecule has 150 valence electrons. The summed E-state index contributed by atoms with van der Waals surface area (Å²) in [6.07, 6.45) is 3.31. The van der Waals surface area contributed by atoms with Crippen molar-refractivity contribution in [3.63, 3.8) is 0 Å². The Morgan fingerprint density at radius 2 is 2.03 bits per heavy atom. The Morgan fingerprint density at radius 3 is 2.83 bits per heavy atom. The van der Waals surface area contributed by atoms with E-state index in [1.165, 1.54) is 11.5 Å². The number of hydrogen-bond donors (Lipinski definition) is 1. The molecule has 1 unspecified atom stereocenters. The number of anilines is 1. The van der Waals surface area contributed by atoms with Crippen LogP contribution in [-0.2, 0) is 0 Å². The van der Waals surface area contributed by atoms with Crippen molar-refractivity contribution in [3.05, 3.63) is 59.4 Å². The van der Waals surface area contributed by atoms with Gasteiger partial charge in [-0.05, 0) is 49.9 Å². The lowest BCUT2D eigenvalue weighted by Crippen LogP contribution is -2.44. The van der Waals surface area contributed by atoms with Gasteiger partial charge < -0.3 is 15.4 Å². The fourth-order valence-electron chi connectivity index (χ4n) is 3.59. The number of amides is 1. The fourth-order valence-corrected chi connectivity index (χ4v) is 4.48. The molecule has 7 heteroatoms. The third-order valence-corrected chi connectivity index (χ3v) is 6.24. The minimum atomic E-state index is -0.104. The Balaban J connectivity index is 1.54. The summed E-state index contributed by atoms with van der Waals surface area (Å²) in [5.41, 5.74) is 9.94. The number of nitrogens with two attached hydrogens (primary N) is 1. The number of aryl methyl sites for hydroxylation is 1. The van der Waals surface area contributed by atoms with E-state index in [9.17, 15) is 4.79 Å². The van der Waals surface area contributed by atoms with Crippen LogP contribution in [0.15, 0.2) is 42.6 Å². The van der Waals surface area contributed by atoms with Crippen LogP contribution in [0.4, 0.5) is 5.69 Å². The van der Waals surface area contributed by atoms with Gasteiger partial charge in [-0.15, -0.1) is 0 Å². The number of pyridine rings is 1. The molecule has 1 atom stereocenters. The van der Waals surface area contributed by atoms with Crippen LogP contribution in [0, 0.1) is 13.8 Å². The van der Waals surface area contributed by atoms with E-state index >= 15 is 0 Å². The molecule has 6 nitrogen and oxygen atoms in total. The molecule has 1 aliphatic rings. The van der Waals surface area contributed by atoms with Gasteiger partial charge in [-0.3, -0.25) is 4.79 Å². The normalized spacial score (nSPS) is 16.6. The van der Waals surface area contributed by atoms with Crippen LogP contribution in [0.5, 0.6) is 5.88 Å². The second-order valence-corrected chi connectivity index (χ2v) is 8.08. The van der Waals surface area contributed by atoms with Crippen molar-refractivity contribution < 1.29 is 9.53 Å². The Hall–Kier alpha value is -2.93. The molecule has 3 heterocycles. The number of carbonyl (C=O) groups is 1. The maximum absolute atomic E-state index is 13.4. The summed E-state index contributed by atoms with van der Waals surface area (Å²) in [7, 11) is 0. The second kappa shape index (κ2) is 8.21. The van der Waals surface area contributed by atoms with Gasteiger partial charge in [0, 0.05) is 24.0 Å². The van der Waals surface area contributed by atoms with Gasteiger partial charge in [0.2, 0.25) is 5.88 Å². The zero-order chi connectivity index (χ0) is 20.4. The Bertz CT molecular complexity index is 1020. The van der Waals surface area contributed by atoms with Crippen molar-refractivity contribution in [2.45, 2.75) is 32.8 Å². The standard InChI is InChI=1S/C22H24N4O2S/c1-14-18(23)10-11-24-21(14)28-17-9-6-12-26(13-17)22(27)19-15(2)25-29-20(19)16-7-4-3-5-8-16/h3-5,7-8,10-11,17H,6,9,12-13H2,1-2H3,(H2,23,24). The molecule has 0 aliphatic carbocycles. The highest BCUT2D eigenvalue weighted by Gasteiger charge is 2.30. The van der Waals surface area contributed by atoms with E-state index in [4.69, 9.17) is 10.5 Å². The first-order chi connectivity index (χ1) is 14.0. The summed E-state index contributed by atoms with van der Waals surface area (Å²) in [5, 5.41) is 0. The second-order valence-electron chi connectivity index (χ2n) is 7.30. The van der Waals surface area contributed by atoms with Crippen LogP contribution in [0.3, 0.4) is 0 Å². The van der Waals surface area contributed by atoms with Gasteiger partial charge in [0.05, 0.1) is 22.7 Å². The number of hydrogen-bond acceptors (Lipinski definition) is 6. The number of nitrogens with zero attached hydrogens (tertiary/aromatic N) is 3. The van der Waals surface area contributed by atoms with Gasteiger partial charge in [-0.25, -0.2) is 4.98 Å². The van der Waals surface area contributed by atoms with Crippen LogP contribution in [0.25, 0.3) is 10.4 Å². The number of piperidine rings is 1. The summed E-state index contributed by atoms with van der Waals surface area (Å²) < 4.78 is 10.6. The maximum Gasteiger partial charge on any atom is 0.257 e. The monoisotopic (exact) mass is 408 g/mol.